The summed E-state index contributed by atoms with van der Waals surface area (Å²) in [6.45, 7) is 1.80. The van der Waals surface area contributed by atoms with Crippen molar-refractivity contribution in [3.8, 4) is 0 Å². The van der Waals surface area contributed by atoms with Crippen molar-refractivity contribution in [3.05, 3.63) is 18.1 Å². The summed E-state index contributed by atoms with van der Waals surface area (Å²) in [7, 11) is -2.83. The molecule has 1 unspecified atom stereocenters. The summed E-state index contributed by atoms with van der Waals surface area (Å²) in [5.41, 5.74) is 0. The number of nitrogens with zero attached hydrogens (tertiary/aromatic N) is 2. The van der Waals surface area contributed by atoms with Crippen LogP contribution >= 0.6 is 0 Å². The second-order valence-corrected chi connectivity index (χ2v) is 5.96. The molecule has 1 aromatic rings. The van der Waals surface area contributed by atoms with Gasteiger partial charge in [0.15, 0.2) is 9.84 Å². The first-order chi connectivity index (χ1) is 7.05. The molecular weight excluding hydrogens is 214 g/mol. The smallest absolute Gasteiger partial charge is 0.152 e. The van der Waals surface area contributed by atoms with Crippen molar-refractivity contribution in [2.45, 2.75) is 19.4 Å². The van der Waals surface area contributed by atoms with Crippen molar-refractivity contribution >= 4 is 15.7 Å². The van der Waals surface area contributed by atoms with Crippen LogP contribution in [0, 0.1) is 6.92 Å². The molecule has 0 aliphatic carbocycles. The topological polar surface area (TPSA) is 72.0 Å². The molecule has 2 rings (SSSR count). The second kappa shape index (κ2) is 3.77. The molecule has 1 atom stereocenters. The molecule has 5 nitrogen and oxygen atoms in total. The van der Waals surface area contributed by atoms with E-state index in [2.05, 4.69) is 15.3 Å². The fourth-order valence-corrected chi connectivity index (χ4v) is 3.33. The Kier molecular flexibility index (Phi) is 2.60. The van der Waals surface area contributed by atoms with Gasteiger partial charge in [0.25, 0.3) is 0 Å². The summed E-state index contributed by atoms with van der Waals surface area (Å²) in [6.07, 6.45) is 2.32. The lowest BCUT2D eigenvalue weighted by atomic mass is 10.2. The van der Waals surface area contributed by atoms with E-state index in [1.807, 2.05) is 0 Å². The van der Waals surface area contributed by atoms with Crippen LogP contribution < -0.4 is 5.32 Å². The van der Waals surface area contributed by atoms with Crippen LogP contribution in [0.3, 0.4) is 0 Å². The Bertz CT molecular complexity index is 458. The largest absolute Gasteiger partial charge is 0.366 e. The Morgan fingerprint density at radius 1 is 1.53 bits per heavy atom. The predicted octanol–water partition coefficient (Wildman–Crippen LogP) is 0.384. The molecule has 1 saturated heterocycles. The normalized spacial score (nSPS) is 23.9. The molecule has 1 fully saturated rings. The van der Waals surface area contributed by atoms with Crippen LogP contribution in [0.4, 0.5) is 5.82 Å². The highest BCUT2D eigenvalue weighted by molar-refractivity contribution is 7.91. The van der Waals surface area contributed by atoms with Crippen molar-refractivity contribution < 1.29 is 8.42 Å². The number of anilines is 1. The van der Waals surface area contributed by atoms with Gasteiger partial charge in [0.2, 0.25) is 0 Å². The Labute approximate surface area is 88.9 Å². The quantitative estimate of drug-likeness (QED) is 0.791. The molecule has 15 heavy (non-hydrogen) atoms. The molecular formula is C9H13N3O2S. The predicted molar refractivity (Wildman–Crippen MR) is 57.5 cm³/mol. The van der Waals surface area contributed by atoms with Crippen molar-refractivity contribution in [2.75, 3.05) is 16.8 Å². The lowest BCUT2D eigenvalue weighted by molar-refractivity contribution is 0.602. The molecule has 1 aliphatic heterocycles. The average Bonchev–Trinajstić information content (AvgIpc) is 2.45. The Morgan fingerprint density at radius 3 is 2.93 bits per heavy atom. The lowest BCUT2D eigenvalue weighted by Crippen LogP contribution is -2.21. The van der Waals surface area contributed by atoms with Crippen LogP contribution in [0.5, 0.6) is 0 Å². The zero-order chi connectivity index (χ0) is 10.9. The molecule has 1 aliphatic rings. The van der Waals surface area contributed by atoms with Gasteiger partial charge < -0.3 is 5.32 Å². The molecule has 0 bridgehead atoms. The molecule has 0 spiro atoms. The molecule has 82 valence electrons. The van der Waals surface area contributed by atoms with Gasteiger partial charge in [0.05, 0.1) is 11.5 Å². The third kappa shape index (κ3) is 2.65. The van der Waals surface area contributed by atoms with E-state index >= 15 is 0 Å². The zero-order valence-electron chi connectivity index (χ0n) is 8.47. The highest BCUT2D eigenvalue weighted by atomic mass is 32.2. The van der Waals surface area contributed by atoms with Crippen LogP contribution in [0.2, 0.25) is 0 Å². The van der Waals surface area contributed by atoms with Crippen molar-refractivity contribution in [1.29, 1.82) is 0 Å². The standard InChI is InChI=1S/C9H13N3O2S/c1-7-10-4-2-9(11-7)12-8-3-5-15(13,14)6-8/h2,4,8H,3,5-6H2,1H3,(H,10,11,12). The summed E-state index contributed by atoms with van der Waals surface area (Å²) in [4.78, 5) is 8.14. The van der Waals surface area contributed by atoms with Gasteiger partial charge in [-0.1, -0.05) is 0 Å². The van der Waals surface area contributed by atoms with E-state index in [9.17, 15) is 8.42 Å². The zero-order valence-corrected chi connectivity index (χ0v) is 9.29. The minimum atomic E-state index is -2.83. The molecule has 6 heteroatoms. The maximum absolute atomic E-state index is 11.2. The maximum atomic E-state index is 11.2. The first kappa shape index (κ1) is 10.4. The van der Waals surface area contributed by atoms with Crippen LogP contribution in [-0.2, 0) is 9.84 Å². The Morgan fingerprint density at radius 2 is 2.33 bits per heavy atom. The van der Waals surface area contributed by atoms with E-state index in [1.165, 1.54) is 0 Å². The van der Waals surface area contributed by atoms with E-state index in [4.69, 9.17) is 0 Å². The summed E-state index contributed by atoms with van der Waals surface area (Å²) >= 11 is 0. The van der Waals surface area contributed by atoms with Gasteiger partial charge in [-0.05, 0) is 19.4 Å². The average molecular weight is 227 g/mol. The summed E-state index contributed by atoms with van der Waals surface area (Å²) < 4.78 is 22.5. The molecule has 0 amide bonds. The van der Waals surface area contributed by atoms with Crippen LogP contribution in [0.1, 0.15) is 12.2 Å². The third-order valence-corrected chi connectivity index (χ3v) is 4.13. The number of sulfone groups is 1. The number of aromatic nitrogens is 2. The van der Waals surface area contributed by atoms with Gasteiger partial charge >= 0.3 is 0 Å². The molecule has 1 aromatic heterocycles. The van der Waals surface area contributed by atoms with Gasteiger partial charge in [0.1, 0.15) is 11.6 Å². The fourth-order valence-electron chi connectivity index (χ4n) is 1.65. The summed E-state index contributed by atoms with van der Waals surface area (Å²) in [5, 5.41) is 3.11. The van der Waals surface area contributed by atoms with E-state index in [1.54, 1.807) is 19.2 Å². The number of nitrogens with one attached hydrogen (secondary N) is 1. The highest BCUT2D eigenvalue weighted by Gasteiger charge is 2.27. The SMILES string of the molecule is Cc1nccc(NC2CCS(=O)(=O)C2)n1. The monoisotopic (exact) mass is 227 g/mol. The van der Waals surface area contributed by atoms with Crippen LogP contribution in [-0.4, -0.2) is 35.9 Å². The van der Waals surface area contributed by atoms with Crippen LogP contribution in [0.15, 0.2) is 12.3 Å². The van der Waals surface area contributed by atoms with Crippen molar-refractivity contribution in [2.24, 2.45) is 0 Å². The summed E-state index contributed by atoms with van der Waals surface area (Å²) in [6, 6.07) is 1.74. The molecule has 0 radical (unpaired) electrons. The van der Waals surface area contributed by atoms with E-state index in [0.717, 1.165) is 0 Å². The number of aryl methyl sites for hydroxylation is 1. The Hall–Kier alpha value is -1.17. The third-order valence-electron chi connectivity index (χ3n) is 2.36. The molecule has 0 aromatic carbocycles. The van der Waals surface area contributed by atoms with Gasteiger partial charge in [-0.3, -0.25) is 0 Å². The fraction of sp³-hybridized carbons (Fsp3) is 0.556. The van der Waals surface area contributed by atoms with Gasteiger partial charge in [-0.25, -0.2) is 18.4 Å². The molecule has 1 N–H and O–H groups in total. The second-order valence-electron chi connectivity index (χ2n) is 3.73. The number of rotatable bonds is 2. The van der Waals surface area contributed by atoms with E-state index in [0.29, 0.717) is 18.1 Å². The minimum Gasteiger partial charge on any atom is -0.366 e. The van der Waals surface area contributed by atoms with Crippen LogP contribution in [0.25, 0.3) is 0 Å². The van der Waals surface area contributed by atoms with E-state index < -0.39 is 9.84 Å². The van der Waals surface area contributed by atoms with Crippen molar-refractivity contribution in [3.63, 3.8) is 0 Å². The van der Waals surface area contributed by atoms with Gasteiger partial charge in [-0.2, -0.15) is 0 Å². The van der Waals surface area contributed by atoms with Gasteiger partial charge in [0, 0.05) is 12.2 Å². The number of hydrogen-bond donors (Lipinski definition) is 1. The Balaban J connectivity index is 2.05. The first-order valence-corrected chi connectivity index (χ1v) is 6.64. The molecule has 0 saturated carbocycles. The minimum absolute atomic E-state index is 0.00991. The molecule has 2 heterocycles. The van der Waals surface area contributed by atoms with Gasteiger partial charge in [-0.15, -0.1) is 0 Å². The lowest BCUT2D eigenvalue weighted by Gasteiger charge is -2.10. The number of hydrogen-bond acceptors (Lipinski definition) is 5. The van der Waals surface area contributed by atoms with E-state index in [-0.39, 0.29) is 17.5 Å². The maximum Gasteiger partial charge on any atom is 0.152 e. The van der Waals surface area contributed by atoms with Crippen molar-refractivity contribution in [1.82, 2.24) is 9.97 Å². The first-order valence-electron chi connectivity index (χ1n) is 4.82. The highest BCUT2D eigenvalue weighted by Crippen LogP contribution is 2.15. The summed E-state index contributed by atoms with van der Waals surface area (Å²) in [5.74, 6) is 1.86.